The number of benzene rings is 2. The number of carbonyl (C=O) groups excluding carboxylic acids is 2. The fourth-order valence-electron chi connectivity index (χ4n) is 1.75. The SMILES string of the molecule is Nc1ccc(C(=O)CC(=O)Nc2cc(Cl)cc(Cl)c2)cc1. The number of hydrogen-bond acceptors (Lipinski definition) is 3. The van der Waals surface area contributed by atoms with Crippen molar-refractivity contribution in [3.8, 4) is 0 Å². The highest BCUT2D eigenvalue weighted by atomic mass is 35.5. The molecule has 2 rings (SSSR count). The number of carbonyl (C=O) groups is 2. The number of nitrogens with two attached hydrogens (primary N) is 1. The maximum Gasteiger partial charge on any atom is 0.232 e. The van der Waals surface area contributed by atoms with Gasteiger partial charge in [0.25, 0.3) is 0 Å². The zero-order valence-electron chi connectivity index (χ0n) is 10.9. The lowest BCUT2D eigenvalue weighted by Gasteiger charge is -2.06. The van der Waals surface area contributed by atoms with Crippen molar-refractivity contribution in [2.45, 2.75) is 6.42 Å². The normalized spacial score (nSPS) is 10.2. The molecule has 0 heterocycles. The van der Waals surface area contributed by atoms with Gasteiger partial charge in [-0.15, -0.1) is 0 Å². The molecule has 2 aromatic rings. The second-order valence-electron chi connectivity index (χ2n) is 4.43. The van der Waals surface area contributed by atoms with Crippen LogP contribution in [0.25, 0.3) is 0 Å². The van der Waals surface area contributed by atoms with Crippen LogP contribution in [-0.4, -0.2) is 11.7 Å². The van der Waals surface area contributed by atoms with E-state index in [0.717, 1.165) is 0 Å². The number of anilines is 2. The zero-order valence-corrected chi connectivity index (χ0v) is 12.4. The summed E-state index contributed by atoms with van der Waals surface area (Å²) in [6, 6.07) is 11.1. The lowest BCUT2D eigenvalue weighted by Crippen LogP contribution is -2.16. The molecular weight excluding hydrogens is 311 g/mol. The van der Waals surface area contributed by atoms with E-state index in [4.69, 9.17) is 28.9 Å². The molecule has 6 heteroatoms. The van der Waals surface area contributed by atoms with E-state index in [-0.39, 0.29) is 12.2 Å². The molecule has 0 aliphatic carbocycles. The summed E-state index contributed by atoms with van der Waals surface area (Å²) in [4.78, 5) is 23.8. The van der Waals surface area contributed by atoms with Crippen LogP contribution in [0, 0.1) is 0 Å². The number of rotatable bonds is 4. The van der Waals surface area contributed by atoms with E-state index in [9.17, 15) is 9.59 Å². The zero-order chi connectivity index (χ0) is 15.4. The van der Waals surface area contributed by atoms with E-state index in [1.165, 1.54) is 0 Å². The maximum absolute atomic E-state index is 11.9. The van der Waals surface area contributed by atoms with Gasteiger partial charge < -0.3 is 11.1 Å². The van der Waals surface area contributed by atoms with E-state index in [1.54, 1.807) is 42.5 Å². The smallest absolute Gasteiger partial charge is 0.232 e. The van der Waals surface area contributed by atoms with Gasteiger partial charge in [0.15, 0.2) is 5.78 Å². The molecule has 0 aliphatic rings. The summed E-state index contributed by atoms with van der Waals surface area (Å²) < 4.78 is 0. The monoisotopic (exact) mass is 322 g/mol. The van der Waals surface area contributed by atoms with Gasteiger partial charge in [-0.1, -0.05) is 23.2 Å². The molecule has 0 aliphatic heterocycles. The molecular formula is C15H12Cl2N2O2. The number of ketones is 1. The molecule has 108 valence electrons. The van der Waals surface area contributed by atoms with Gasteiger partial charge in [0, 0.05) is 27.0 Å². The van der Waals surface area contributed by atoms with E-state index in [0.29, 0.717) is 27.0 Å². The first-order chi connectivity index (χ1) is 9.94. The Kier molecular flexibility index (Phi) is 4.83. The van der Waals surface area contributed by atoms with Crippen LogP contribution in [-0.2, 0) is 4.79 Å². The summed E-state index contributed by atoms with van der Waals surface area (Å²) in [5, 5.41) is 3.39. The highest BCUT2D eigenvalue weighted by Gasteiger charge is 2.12. The fourth-order valence-corrected chi connectivity index (χ4v) is 2.27. The summed E-state index contributed by atoms with van der Waals surface area (Å²) in [6.45, 7) is 0. The van der Waals surface area contributed by atoms with E-state index in [2.05, 4.69) is 5.32 Å². The van der Waals surface area contributed by atoms with Gasteiger partial charge in [-0.2, -0.15) is 0 Å². The minimum absolute atomic E-state index is 0.270. The van der Waals surface area contributed by atoms with Crippen molar-refractivity contribution in [1.29, 1.82) is 0 Å². The quantitative estimate of drug-likeness (QED) is 0.511. The minimum atomic E-state index is -0.435. The highest BCUT2D eigenvalue weighted by Crippen LogP contribution is 2.22. The largest absolute Gasteiger partial charge is 0.399 e. The third-order valence-corrected chi connectivity index (χ3v) is 3.14. The molecule has 0 radical (unpaired) electrons. The van der Waals surface area contributed by atoms with E-state index >= 15 is 0 Å². The van der Waals surface area contributed by atoms with Crippen molar-refractivity contribution < 1.29 is 9.59 Å². The van der Waals surface area contributed by atoms with Gasteiger partial charge in [-0.05, 0) is 42.5 Å². The third kappa shape index (κ3) is 4.48. The Morgan fingerprint density at radius 3 is 2.14 bits per heavy atom. The third-order valence-electron chi connectivity index (χ3n) is 2.70. The first-order valence-corrected chi connectivity index (χ1v) is 6.84. The maximum atomic E-state index is 11.9. The van der Waals surface area contributed by atoms with Crippen molar-refractivity contribution in [3.63, 3.8) is 0 Å². The fraction of sp³-hybridized carbons (Fsp3) is 0.0667. The van der Waals surface area contributed by atoms with E-state index in [1.807, 2.05) is 0 Å². The summed E-state index contributed by atoms with van der Waals surface area (Å²) in [5.41, 5.74) is 6.98. The molecule has 1 amide bonds. The Hall–Kier alpha value is -2.04. The van der Waals surface area contributed by atoms with Crippen LogP contribution >= 0.6 is 23.2 Å². The number of hydrogen-bond donors (Lipinski definition) is 2. The van der Waals surface area contributed by atoms with E-state index < -0.39 is 5.91 Å². The molecule has 0 aromatic heterocycles. The van der Waals surface area contributed by atoms with Gasteiger partial charge in [0.1, 0.15) is 0 Å². The van der Waals surface area contributed by atoms with Crippen molar-refractivity contribution in [3.05, 3.63) is 58.1 Å². The first kappa shape index (κ1) is 15.4. The van der Waals surface area contributed by atoms with Gasteiger partial charge >= 0.3 is 0 Å². The van der Waals surface area contributed by atoms with Crippen LogP contribution in [0.2, 0.25) is 10.0 Å². The summed E-state index contributed by atoms with van der Waals surface area (Å²) in [6.07, 6.45) is -0.270. The summed E-state index contributed by atoms with van der Waals surface area (Å²) >= 11 is 11.7. The van der Waals surface area contributed by atoms with Crippen molar-refractivity contribution in [2.24, 2.45) is 0 Å². The van der Waals surface area contributed by atoms with Crippen LogP contribution in [0.1, 0.15) is 16.8 Å². The standard InChI is InChI=1S/C15H12Cl2N2O2/c16-10-5-11(17)7-13(6-10)19-15(21)8-14(20)9-1-3-12(18)4-2-9/h1-7H,8,18H2,(H,19,21). The van der Waals surface area contributed by atoms with Gasteiger partial charge in [0.2, 0.25) is 5.91 Å². The average Bonchev–Trinajstić information content (AvgIpc) is 2.37. The summed E-state index contributed by atoms with van der Waals surface area (Å²) in [7, 11) is 0. The minimum Gasteiger partial charge on any atom is -0.399 e. The Bertz CT molecular complexity index is 664. The second-order valence-corrected chi connectivity index (χ2v) is 5.30. The molecule has 0 atom stereocenters. The Labute approximate surface area is 131 Å². The molecule has 0 unspecified atom stereocenters. The molecule has 0 fully saturated rings. The number of amides is 1. The molecule has 2 aromatic carbocycles. The Morgan fingerprint density at radius 2 is 1.57 bits per heavy atom. The van der Waals surface area contributed by atoms with Crippen LogP contribution in [0.4, 0.5) is 11.4 Å². The van der Waals surface area contributed by atoms with Gasteiger partial charge in [-0.25, -0.2) is 0 Å². The van der Waals surface area contributed by atoms with Crippen molar-refractivity contribution in [2.75, 3.05) is 11.1 Å². The van der Waals surface area contributed by atoms with Crippen molar-refractivity contribution >= 4 is 46.3 Å². The number of halogens is 2. The van der Waals surface area contributed by atoms with Crippen LogP contribution in [0.5, 0.6) is 0 Å². The lowest BCUT2D eigenvalue weighted by atomic mass is 10.1. The predicted molar refractivity (Wildman–Crippen MR) is 84.9 cm³/mol. The molecule has 0 saturated carbocycles. The average molecular weight is 323 g/mol. The Morgan fingerprint density at radius 1 is 1.00 bits per heavy atom. The van der Waals surface area contributed by atoms with Gasteiger partial charge in [-0.3, -0.25) is 9.59 Å². The van der Waals surface area contributed by atoms with Crippen LogP contribution in [0.15, 0.2) is 42.5 Å². The second kappa shape index (κ2) is 6.61. The highest BCUT2D eigenvalue weighted by molar-refractivity contribution is 6.35. The topological polar surface area (TPSA) is 72.2 Å². The molecule has 0 saturated heterocycles. The Balaban J connectivity index is 2.01. The van der Waals surface area contributed by atoms with Crippen LogP contribution < -0.4 is 11.1 Å². The summed E-state index contributed by atoms with van der Waals surface area (Å²) in [5.74, 6) is -0.726. The molecule has 0 spiro atoms. The number of nitrogens with one attached hydrogen (secondary N) is 1. The predicted octanol–water partition coefficient (Wildman–Crippen LogP) is 3.79. The first-order valence-electron chi connectivity index (χ1n) is 6.09. The molecule has 21 heavy (non-hydrogen) atoms. The number of nitrogen functional groups attached to an aromatic ring is 1. The van der Waals surface area contributed by atoms with Gasteiger partial charge in [0.05, 0.1) is 6.42 Å². The molecule has 4 nitrogen and oxygen atoms in total. The van der Waals surface area contributed by atoms with Crippen LogP contribution in [0.3, 0.4) is 0 Å². The molecule has 3 N–H and O–H groups in total. The lowest BCUT2D eigenvalue weighted by molar-refractivity contribution is -0.115. The number of Topliss-reactive ketones (excluding diaryl/α,β-unsaturated/α-hetero) is 1. The molecule has 0 bridgehead atoms. The van der Waals surface area contributed by atoms with Crippen molar-refractivity contribution in [1.82, 2.24) is 0 Å².